The molecule has 1 aromatic carbocycles. The van der Waals surface area contributed by atoms with Gasteiger partial charge in [0, 0.05) is 0 Å². The maximum atomic E-state index is 13.1. The van der Waals surface area contributed by atoms with Crippen molar-refractivity contribution in [3.8, 4) is 11.5 Å². The number of nitrogens with two attached hydrogens (primary N) is 1. The Hall–Kier alpha value is -2.85. The molecular weight excluding hydrogens is 386 g/mol. The molecule has 0 spiro atoms. The van der Waals surface area contributed by atoms with E-state index in [1.165, 1.54) is 30.2 Å². The van der Waals surface area contributed by atoms with E-state index in [0.717, 1.165) is 9.65 Å². The van der Waals surface area contributed by atoms with E-state index in [2.05, 4.69) is 15.1 Å². The van der Waals surface area contributed by atoms with Gasteiger partial charge in [-0.1, -0.05) is 29.5 Å². The van der Waals surface area contributed by atoms with Crippen molar-refractivity contribution in [3.63, 3.8) is 0 Å². The fourth-order valence-electron chi connectivity index (χ4n) is 2.66. The molecule has 0 unspecified atom stereocenters. The summed E-state index contributed by atoms with van der Waals surface area (Å²) < 4.78 is 32.5. The molecule has 0 amide bonds. The summed E-state index contributed by atoms with van der Waals surface area (Å²) in [5, 5.41) is 4.77. The molecule has 0 saturated heterocycles. The number of thioether (sulfide) groups is 1. The standard InChI is InChI=1S/C17H15N5O3S2/c1-10-5-7-11(8-6-10)27(23,24)22-16-13(15(18)21-22)14(12-4-3-9-25-12)19-17(20-16)26-2/h3-9H,1-2H3,(H2,18,21). The molecule has 0 aliphatic heterocycles. The average Bonchev–Trinajstić information content (AvgIpc) is 3.30. The lowest BCUT2D eigenvalue weighted by Gasteiger charge is -2.07. The van der Waals surface area contributed by atoms with Crippen molar-refractivity contribution < 1.29 is 12.8 Å². The van der Waals surface area contributed by atoms with Gasteiger partial charge in [0.1, 0.15) is 5.69 Å². The van der Waals surface area contributed by atoms with Crippen molar-refractivity contribution in [2.24, 2.45) is 0 Å². The van der Waals surface area contributed by atoms with Gasteiger partial charge < -0.3 is 10.2 Å². The molecule has 27 heavy (non-hydrogen) atoms. The van der Waals surface area contributed by atoms with Crippen LogP contribution >= 0.6 is 11.8 Å². The van der Waals surface area contributed by atoms with Gasteiger partial charge in [-0.05, 0) is 37.4 Å². The van der Waals surface area contributed by atoms with E-state index in [0.29, 0.717) is 22.0 Å². The Morgan fingerprint density at radius 1 is 1.15 bits per heavy atom. The van der Waals surface area contributed by atoms with Crippen molar-refractivity contribution >= 4 is 38.6 Å². The van der Waals surface area contributed by atoms with Crippen LogP contribution in [0.15, 0.2) is 57.1 Å². The number of fused-ring (bicyclic) bond motifs is 1. The third-order valence-corrected chi connectivity index (χ3v) is 6.11. The predicted molar refractivity (Wildman–Crippen MR) is 103 cm³/mol. The summed E-state index contributed by atoms with van der Waals surface area (Å²) in [7, 11) is -3.98. The first-order valence-electron chi connectivity index (χ1n) is 7.88. The lowest BCUT2D eigenvalue weighted by molar-refractivity contribution is 0.578. The number of rotatable bonds is 4. The van der Waals surface area contributed by atoms with Gasteiger partial charge in [-0.2, -0.15) is 8.42 Å². The minimum Gasteiger partial charge on any atom is -0.463 e. The zero-order valence-corrected chi connectivity index (χ0v) is 16.1. The summed E-state index contributed by atoms with van der Waals surface area (Å²) in [6, 6.07) is 9.93. The van der Waals surface area contributed by atoms with Crippen molar-refractivity contribution in [2.75, 3.05) is 12.0 Å². The Balaban J connectivity index is 2.03. The number of aromatic nitrogens is 4. The molecule has 0 fully saturated rings. The van der Waals surface area contributed by atoms with Crippen LogP contribution < -0.4 is 5.73 Å². The van der Waals surface area contributed by atoms with Crippen LogP contribution in [-0.4, -0.2) is 33.8 Å². The first-order chi connectivity index (χ1) is 12.9. The van der Waals surface area contributed by atoms with E-state index in [1.807, 2.05) is 6.92 Å². The number of hydrogen-bond donors (Lipinski definition) is 1. The zero-order valence-electron chi connectivity index (χ0n) is 14.4. The molecule has 0 aliphatic carbocycles. The number of furan rings is 1. The monoisotopic (exact) mass is 401 g/mol. The van der Waals surface area contributed by atoms with Crippen molar-refractivity contribution in [2.45, 2.75) is 17.0 Å². The molecule has 2 N–H and O–H groups in total. The van der Waals surface area contributed by atoms with Crippen LogP contribution in [0.2, 0.25) is 0 Å². The molecule has 0 radical (unpaired) electrons. The highest BCUT2D eigenvalue weighted by Gasteiger charge is 2.27. The van der Waals surface area contributed by atoms with E-state index in [9.17, 15) is 8.42 Å². The number of hydrogen-bond acceptors (Lipinski definition) is 8. The Morgan fingerprint density at radius 3 is 2.52 bits per heavy atom. The van der Waals surface area contributed by atoms with Crippen LogP contribution in [0.4, 0.5) is 5.82 Å². The fraction of sp³-hybridized carbons (Fsp3) is 0.118. The van der Waals surface area contributed by atoms with Gasteiger partial charge in [-0.3, -0.25) is 0 Å². The second-order valence-corrected chi connectivity index (χ2v) is 8.32. The van der Waals surface area contributed by atoms with Gasteiger partial charge in [0.15, 0.2) is 22.4 Å². The van der Waals surface area contributed by atoms with Gasteiger partial charge in [0.2, 0.25) is 0 Å². The highest BCUT2D eigenvalue weighted by Crippen LogP contribution is 2.33. The second-order valence-electron chi connectivity index (χ2n) is 5.78. The first kappa shape index (κ1) is 17.6. The molecule has 4 aromatic rings. The molecular formula is C17H15N5O3S2. The van der Waals surface area contributed by atoms with Crippen LogP contribution in [0.5, 0.6) is 0 Å². The Kier molecular flexibility index (Phi) is 4.16. The smallest absolute Gasteiger partial charge is 0.285 e. The number of benzene rings is 1. The maximum absolute atomic E-state index is 13.1. The number of nitrogens with zero attached hydrogens (tertiary/aromatic N) is 4. The summed E-state index contributed by atoms with van der Waals surface area (Å²) in [6.45, 7) is 1.88. The summed E-state index contributed by atoms with van der Waals surface area (Å²) in [5.74, 6) is 0.469. The molecule has 138 valence electrons. The quantitative estimate of drug-likeness (QED) is 0.410. The van der Waals surface area contributed by atoms with Gasteiger partial charge in [-0.25, -0.2) is 9.97 Å². The molecule has 8 nitrogen and oxygen atoms in total. The fourth-order valence-corrected chi connectivity index (χ4v) is 4.25. The molecule has 0 atom stereocenters. The molecule has 4 rings (SSSR count). The second kappa shape index (κ2) is 6.39. The molecule has 3 heterocycles. The number of aryl methyl sites for hydroxylation is 1. The van der Waals surface area contributed by atoms with E-state index in [-0.39, 0.29) is 16.4 Å². The van der Waals surface area contributed by atoms with E-state index in [4.69, 9.17) is 10.2 Å². The molecule has 10 heteroatoms. The van der Waals surface area contributed by atoms with Crippen LogP contribution in [-0.2, 0) is 10.0 Å². The topological polar surface area (TPSA) is 117 Å². The van der Waals surface area contributed by atoms with Gasteiger partial charge in [-0.15, -0.1) is 9.19 Å². The summed E-state index contributed by atoms with van der Waals surface area (Å²) >= 11 is 1.28. The van der Waals surface area contributed by atoms with Crippen molar-refractivity contribution in [1.82, 2.24) is 19.2 Å². The van der Waals surface area contributed by atoms with Gasteiger partial charge in [0.25, 0.3) is 10.0 Å². The predicted octanol–water partition coefficient (Wildman–Crippen LogP) is 2.94. The van der Waals surface area contributed by atoms with Crippen molar-refractivity contribution in [1.29, 1.82) is 0 Å². The van der Waals surface area contributed by atoms with Crippen LogP contribution in [0.1, 0.15) is 5.56 Å². The van der Waals surface area contributed by atoms with E-state index >= 15 is 0 Å². The highest BCUT2D eigenvalue weighted by atomic mass is 32.2. The van der Waals surface area contributed by atoms with E-state index < -0.39 is 10.0 Å². The lowest BCUT2D eigenvalue weighted by Crippen LogP contribution is -2.15. The minimum absolute atomic E-state index is 0.0136. The normalized spacial score (nSPS) is 11.9. The summed E-state index contributed by atoms with van der Waals surface area (Å²) in [5.41, 5.74) is 7.51. The van der Waals surface area contributed by atoms with Crippen molar-refractivity contribution in [3.05, 3.63) is 48.2 Å². The SMILES string of the molecule is CSc1nc(-c2ccco2)c2c(N)nn(S(=O)(=O)c3ccc(C)cc3)c2n1. The lowest BCUT2D eigenvalue weighted by atomic mass is 10.2. The third kappa shape index (κ3) is 2.86. The van der Waals surface area contributed by atoms with Crippen LogP contribution in [0.25, 0.3) is 22.5 Å². The number of nitrogen functional groups attached to an aromatic ring is 1. The summed E-state index contributed by atoms with van der Waals surface area (Å²) in [4.78, 5) is 8.88. The average molecular weight is 401 g/mol. The van der Waals surface area contributed by atoms with Crippen LogP contribution in [0, 0.1) is 6.92 Å². The van der Waals surface area contributed by atoms with Crippen LogP contribution in [0.3, 0.4) is 0 Å². The Morgan fingerprint density at radius 2 is 1.89 bits per heavy atom. The molecule has 3 aromatic heterocycles. The molecule has 0 bridgehead atoms. The highest BCUT2D eigenvalue weighted by molar-refractivity contribution is 7.98. The summed E-state index contributed by atoms with van der Waals surface area (Å²) in [6.07, 6.45) is 3.30. The minimum atomic E-state index is -3.98. The van der Waals surface area contributed by atoms with Gasteiger partial charge >= 0.3 is 0 Å². The maximum Gasteiger partial charge on any atom is 0.285 e. The largest absolute Gasteiger partial charge is 0.463 e. The Labute approximate surface area is 159 Å². The van der Waals surface area contributed by atoms with E-state index in [1.54, 1.807) is 30.5 Å². The molecule has 0 saturated carbocycles. The Bertz CT molecular complexity index is 1230. The molecule has 0 aliphatic rings. The third-order valence-electron chi connectivity index (χ3n) is 3.99. The van der Waals surface area contributed by atoms with Gasteiger partial charge in [0.05, 0.1) is 16.5 Å². The number of anilines is 1. The zero-order chi connectivity index (χ0) is 19.2. The first-order valence-corrected chi connectivity index (χ1v) is 10.5.